The number of aromatic nitrogens is 1. The van der Waals surface area contributed by atoms with Gasteiger partial charge < -0.3 is 0 Å². The Labute approximate surface area is 153 Å². The van der Waals surface area contributed by atoms with Crippen molar-refractivity contribution in [1.82, 2.24) is 4.98 Å². The number of thiazole rings is 1. The molecule has 0 aliphatic carbocycles. The smallest absolute Gasteiger partial charge is 0.243 e. The van der Waals surface area contributed by atoms with E-state index in [9.17, 15) is 4.79 Å². The molecular formula is C18H16BrN3OS. The number of anilines is 1. The first-order valence-electron chi connectivity index (χ1n) is 7.46. The van der Waals surface area contributed by atoms with Crippen LogP contribution in [-0.4, -0.2) is 10.9 Å². The topological polar surface area (TPSA) is 59.2 Å². The van der Waals surface area contributed by atoms with Crippen LogP contribution in [0, 0.1) is 0 Å². The third-order valence-corrected chi connectivity index (χ3v) is 4.95. The lowest BCUT2D eigenvalue weighted by Gasteiger charge is -2.12. The second-order valence-electron chi connectivity index (χ2n) is 5.27. The predicted molar refractivity (Wildman–Crippen MR) is 102 cm³/mol. The van der Waals surface area contributed by atoms with Gasteiger partial charge in [0.2, 0.25) is 11.0 Å². The largest absolute Gasteiger partial charge is 0.273 e. The molecule has 0 saturated carbocycles. The van der Waals surface area contributed by atoms with Gasteiger partial charge in [0.25, 0.3) is 0 Å². The number of hydrogen-bond acceptors (Lipinski definition) is 4. The maximum atomic E-state index is 12.3. The van der Waals surface area contributed by atoms with Gasteiger partial charge >= 0.3 is 0 Å². The Morgan fingerprint density at radius 2 is 1.83 bits per heavy atom. The van der Waals surface area contributed by atoms with Gasteiger partial charge in [-0.3, -0.25) is 4.79 Å². The summed E-state index contributed by atoms with van der Waals surface area (Å²) in [6.45, 7) is 0. The van der Waals surface area contributed by atoms with E-state index in [1.807, 2.05) is 60.0 Å². The van der Waals surface area contributed by atoms with Gasteiger partial charge in [-0.05, 0) is 24.1 Å². The molecule has 0 unspecified atom stereocenters. The standard InChI is InChI=1S/C18H16BrN3OS/c19-15-9-7-14(8-10-15)16-12-24-18(21-16)22(20)17(23)11-6-13-4-2-1-3-5-13/h1-5,7-10,12H,6,11,20H2. The van der Waals surface area contributed by atoms with Crippen molar-refractivity contribution in [1.29, 1.82) is 0 Å². The Morgan fingerprint density at radius 3 is 2.54 bits per heavy atom. The minimum absolute atomic E-state index is 0.143. The number of hydrogen-bond donors (Lipinski definition) is 1. The van der Waals surface area contributed by atoms with Gasteiger partial charge in [-0.25, -0.2) is 15.8 Å². The quantitative estimate of drug-likeness (QED) is 0.391. The fourth-order valence-electron chi connectivity index (χ4n) is 2.25. The lowest BCUT2D eigenvalue weighted by atomic mass is 10.1. The number of nitrogens with two attached hydrogens (primary N) is 1. The molecule has 0 aliphatic rings. The van der Waals surface area contributed by atoms with E-state index in [0.29, 0.717) is 18.0 Å². The highest BCUT2D eigenvalue weighted by atomic mass is 79.9. The molecule has 0 aliphatic heterocycles. The number of halogens is 1. The third kappa shape index (κ3) is 4.08. The van der Waals surface area contributed by atoms with Crippen LogP contribution in [0.4, 0.5) is 5.13 Å². The van der Waals surface area contributed by atoms with Crippen molar-refractivity contribution in [3.63, 3.8) is 0 Å². The van der Waals surface area contributed by atoms with Crippen molar-refractivity contribution in [3.05, 3.63) is 70.0 Å². The molecule has 0 spiro atoms. The molecule has 1 aromatic heterocycles. The Morgan fingerprint density at radius 1 is 1.12 bits per heavy atom. The Hall–Kier alpha value is -2.02. The van der Waals surface area contributed by atoms with E-state index in [1.165, 1.54) is 11.3 Å². The summed E-state index contributed by atoms with van der Waals surface area (Å²) in [5.41, 5.74) is 2.92. The average molecular weight is 402 g/mol. The molecule has 0 bridgehead atoms. The van der Waals surface area contributed by atoms with Crippen molar-refractivity contribution >= 4 is 38.3 Å². The van der Waals surface area contributed by atoms with Crippen molar-refractivity contribution in [3.8, 4) is 11.3 Å². The molecule has 3 aromatic rings. The zero-order valence-electron chi connectivity index (χ0n) is 12.9. The summed E-state index contributed by atoms with van der Waals surface area (Å²) in [7, 11) is 0. The maximum absolute atomic E-state index is 12.3. The average Bonchev–Trinajstić information content (AvgIpc) is 3.10. The molecule has 3 rings (SSSR count). The molecule has 2 aromatic carbocycles. The van der Waals surface area contributed by atoms with Crippen LogP contribution >= 0.6 is 27.3 Å². The van der Waals surface area contributed by atoms with Gasteiger partial charge in [0.05, 0.1) is 5.69 Å². The SMILES string of the molecule is NN(C(=O)CCc1ccccc1)c1nc(-c2ccc(Br)cc2)cs1. The predicted octanol–water partition coefficient (Wildman–Crippen LogP) is 4.41. The molecule has 24 heavy (non-hydrogen) atoms. The van der Waals surface area contributed by atoms with Crippen LogP contribution in [0.15, 0.2) is 64.5 Å². The highest BCUT2D eigenvalue weighted by Crippen LogP contribution is 2.27. The molecule has 122 valence electrons. The summed E-state index contributed by atoms with van der Waals surface area (Å²) >= 11 is 4.78. The minimum Gasteiger partial charge on any atom is -0.273 e. The van der Waals surface area contributed by atoms with Gasteiger partial charge in [0.1, 0.15) is 0 Å². The van der Waals surface area contributed by atoms with E-state index in [2.05, 4.69) is 20.9 Å². The summed E-state index contributed by atoms with van der Waals surface area (Å²) < 4.78 is 1.01. The molecule has 2 N–H and O–H groups in total. The highest BCUT2D eigenvalue weighted by Gasteiger charge is 2.16. The van der Waals surface area contributed by atoms with E-state index in [1.54, 1.807) is 0 Å². The van der Waals surface area contributed by atoms with Crippen LogP contribution in [0.5, 0.6) is 0 Å². The van der Waals surface area contributed by atoms with Crippen molar-refractivity contribution in [2.75, 3.05) is 5.01 Å². The number of aryl methyl sites for hydroxylation is 1. The second kappa shape index (κ2) is 7.70. The summed E-state index contributed by atoms with van der Waals surface area (Å²) in [5.74, 6) is 5.80. The molecule has 6 heteroatoms. The zero-order valence-corrected chi connectivity index (χ0v) is 15.3. The molecule has 0 radical (unpaired) electrons. The van der Waals surface area contributed by atoms with Crippen LogP contribution in [0.3, 0.4) is 0 Å². The highest BCUT2D eigenvalue weighted by molar-refractivity contribution is 9.10. The molecule has 0 fully saturated rings. The van der Waals surface area contributed by atoms with Crippen LogP contribution in [0.25, 0.3) is 11.3 Å². The first-order valence-corrected chi connectivity index (χ1v) is 9.14. The summed E-state index contributed by atoms with van der Waals surface area (Å²) in [6.07, 6.45) is 1.02. The van der Waals surface area contributed by atoms with Crippen molar-refractivity contribution in [2.24, 2.45) is 5.84 Å². The van der Waals surface area contributed by atoms with Gasteiger partial charge in [-0.2, -0.15) is 0 Å². The van der Waals surface area contributed by atoms with Crippen molar-refractivity contribution in [2.45, 2.75) is 12.8 Å². The normalized spacial score (nSPS) is 10.6. The number of carbonyl (C=O) groups is 1. The molecule has 0 saturated heterocycles. The summed E-state index contributed by atoms with van der Waals surface area (Å²) in [6, 6.07) is 17.8. The number of hydrazine groups is 1. The summed E-state index contributed by atoms with van der Waals surface area (Å²) in [5, 5.41) is 3.56. The van der Waals surface area contributed by atoms with Gasteiger partial charge in [-0.15, -0.1) is 11.3 Å². The van der Waals surface area contributed by atoms with E-state index in [-0.39, 0.29) is 5.91 Å². The van der Waals surface area contributed by atoms with E-state index >= 15 is 0 Å². The van der Waals surface area contributed by atoms with E-state index < -0.39 is 0 Å². The Balaban J connectivity index is 1.65. The van der Waals surface area contributed by atoms with Gasteiger partial charge in [0.15, 0.2) is 0 Å². The van der Waals surface area contributed by atoms with Crippen LogP contribution in [-0.2, 0) is 11.2 Å². The fourth-order valence-corrected chi connectivity index (χ4v) is 3.29. The lowest BCUT2D eigenvalue weighted by molar-refractivity contribution is -0.118. The number of benzene rings is 2. The number of carbonyl (C=O) groups excluding carboxylic acids is 1. The third-order valence-electron chi connectivity index (χ3n) is 3.58. The molecule has 1 amide bonds. The second-order valence-corrected chi connectivity index (χ2v) is 7.02. The maximum Gasteiger partial charge on any atom is 0.243 e. The summed E-state index contributed by atoms with van der Waals surface area (Å²) in [4.78, 5) is 16.7. The first kappa shape index (κ1) is 16.8. The van der Waals surface area contributed by atoms with E-state index in [4.69, 9.17) is 5.84 Å². The van der Waals surface area contributed by atoms with Gasteiger partial charge in [-0.1, -0.05) is 58.4 Å². The Kier molecular flexibility index (Phi) is 5.40. The molecule has 4 nitrogen and oxygen atoms in total. The minimum atomic E-state index is -0.143. The molecule has 0 atom stereocenters. The van der Waals surface area contributed by atoms with Crippen LogP contribution < -0.4 is 10.9 Å². The van der Waals surface area contributed by atoms with Gasteiger partial charge in [0, 0.05) is 21.8 Å². The van der Waals surface area contributed by atoms with Crippen molar-refractivity contribution < 1.29 is 4.79 Å². The fraction of sp³-hybridized carbons (Fsp3) is 0.111. The lowest BCUT2D eigenvalue weighted by Crippen LogP contribution is -2.37. The number of nitrogens with zero attached hydrogens (tertiary/aromatic N) is 2. The molecular weight excluding hydrogens is 386 g/mol. The molecule has 1 heterocycles. The zero-order chi connectivity index (χ0) is 16.9. The first-order chi connectivity index (χ1) is 11.6. The monoisotopic (exact) mass is 401 g/mol. The van der Waals surface area contributed by atoms with Crippen LogP contribution in [0.2, 0.25) is 0 Å². The Bertz CT molecular complexity index is 818. The number of rotatable bonds is 5. The number of amides is 1. The van der Waals surface area contributed by atoms with Crippen LogP contribution in [0.1, 0.15) is 12.0 Å². The van der Waals surface area contributed by atoms with E-state index in [0.717, 1.165) is 26.3 Å².